The molecule has 1 aliphatic heterocycles. The number of rotatable bonds is 10. The first-order chi connectivity index (χ1) is 20.1. The molecule has 1 saturated heterocycles. The van der Waals surface area contributed by atoms with Gasteiger partial charge >= 0.3 is 6.09 Å². The SMILES string of the molecule is COCn1nc(C(=O)NCC(=O)c2ccccc2)c(Cc2ccccc2Cl)c1N1CCC[C@H](NC(=O)OC(C)(C)C)C1. The number of carbonyl (C=O) groups excluding carboxylic acids is 3. The average Bonchev–Trinajstić information content (AvgIpc) is 3.30. The van der Waals surface area contributed by atoms with E-state index in [-0.39, 0.29) is 30.8 Å². The Bertz CT molecular complexity index is 1400. The summed E-state index contributed by atoms with van der Waals surface area (Å²) in [5, 5.41) is 11.0. The second-order valence-corrected chi connectivity index (χ2v) is 11.6. The molecule has 0 bridgehead atoms. The van der Waals surface area contributed by atoms with Crippen molar-refractivity contribution in [3.8, 4) is 0 Å². The van der Waals surface area contributed by atoms with E-state index in [1.807, 2.05) is 45.0 Å². The Morgan fingerprint density at radius 3 is 2.48 bits per heavy atom. The third-order valence-corrected chi connectivity index (χ3v) is 7.13. The van der Waals surface area contributed by atoms with Gasteiger partial charge in [0.2, 0.25) is 0 Å². The zero-order valence-electron chi connectivity index (χ0n) is 24.5. The lowest BCUT2D eigenvalue weighted by Gasteiger charge is -2.35. The van der Waals surface area contributed by atoms with Gasteiger partial charge in [-0.2, -0.15) is 5.10 Å². The summed E-state index contributed by atoms with van der Waals surface area (Å²) in [4.78, 5) is 40.9. The molecule has 0 radical (unpaired) electrons. The predicted molar refractivity (Wildman–Crippen MR) is 161 cm³/mol. The van der Waals surface area contributed by atoms with Gasteiger partial charge in [-0.15, -0.1) is 0 Å². The lowest BCUT2D eigenvalue weighted by molar-refractivity contribution is 0.0499. The molecule has 1 aromatic heterocycles. The molecule has 10 nitrogen and oxygen atoms in total. The highest BCUT2D eigenvalue weighted by Crippen LogP contribution is 2.31. The van der Waals surface area contributed by atoms with E-state index in [0.29, 0.717) is 41.5 Å². The standard InChI is InChI=1S/C31H38ClN5O5/c1-31(2,3)42-30(40)34-23-14-10-16-36(19-23)29-24(17-22-13-8-9-15-25(22)32)27(35-37(29)20-41-4)28(39)33-18-26(38)21-11-6-5-7-12-21/h5-9,11-13,15,23H,10,14,16-20H2,1-4H3,(H,33,39)(H,34,40)/t23-/m0/s1. The van der Waals surface area contributed by atoms with Gasteiger partial charge in [-0.3, -0.25) is 9.59 Å². The van der Waals surface area contributed by atoms with E-state index in [4.69, 9.17) is 21.1 Å². The number of hydrogen-bond donors (Lipinski definition) is 2. The van der Waals surface area contributed by atoms with Crippen LogP contribution in [0.3, 0.4) is 0 Å². The number of ketones is 1. The molecule has 2 heterocycles. The first-order valence-electron chi connectivity index (χ1n) is 14.0. The molecular formula is C31H38ClN5O5. The molecule has 2 amide bonds. The first-order valence-corrected chi connectivity index (χ1v) is 14.4. The summed E-state index contributed by atoms with van der Waals surface area (Å²) < 4.78 is 12.6. The fraction of sp³-hybridized carbons (Fsp3) is 0.419. The number of nitrogens with zero attached hydrogens (tertiary/aromatic N) is 3. The normalized spacial score (nSPS) is 15.3. The number of aromatic nitrogens is 2. The van der Waals surface area contributed by atoms with Crippen LogP contribution in [0.1, 0.15) is 65.6 Å². The minimum absolute atomic E-state index is 0.0990. The topological polar surface area (TPSA) is 115 Å². The van der Waals surface area contributed by atoms with Crippen molar-refractivity contribution >= 4 is 35.2 Å². The van der Waals surface area contributed by atoms with E-state index >= 15 is 0 Å². The monoisotopic (exact) mass is 595 g/mol. The summed E-state index contributed by atoms with van der Waals surface area (Å²) in [6.45, 7) is 6.56. The number of Topliss-reactive ketones (excluding diaryl/α,β-unsaturated/α-hetero) is 1. The molecule has 2 N–H and O–H groups in total. The number of carbonyl (C=O) groups is 3. The third kappa shape index (κ3) is 8.10. The van der Waals surface area contributed by atoms with E-state index in [1.54, 1.807) is 42.1 Å². The van der Waals surface area contributed by atoms with Crippen molar-refractivity contribution in [2.75, 3.05) is 31.6 Å². The summed E-state index contributed by atoms with van der Waals surface area (Å²) in [6, 6.07) is 16.1. The molecule has 1 atom stereocenters. The second kappa shape index (κ2) is 13.8. The summed E-state index contributed by atoms with van der Waals surface area (Å²) >= 11 is 6.54. The molecule has 224 valence electrons. The highest BCUT2D eigenvalue weighted by Gasteiger charge is 2.31. The van der Waals surface area contributed by atoms with Gasteiger partial charge < -0.3 is 25.0 Å². The molecule has 0 saturated carbocycles. The van der Waals surface area contributed by atoms with Crippen molar-refractivity contribution in [2.24, 2.45) is 0 Å². The van der Waals surface area contributed by atoms with E-state index in [2.05, 4.69) is 20.6 Å². The fourth-order valence-electron chi connectivity index (χ4n) is 4.97. The van der Waals surface area contributed by atoms with Crippen molar-refractivity contribution in [1.29, 1.82) is 0 Å². The molecule has 4 rings (SSSR count). The number of methoxy groups -OCH3 is 1. The average molecular weight is 596 g/mol. The first kappa shape index (κ1) is 31.1. The highest BCUT2D eigenvalue weighted by molar-refractivity contribution is 6.31. The Balaban J connectivity index is 1.65. The van der Waals surface area contributed by atoms with Crippen molar-refractivity contribution in [3.63, 3.8) is 0 Å². The van der Waals surface area contributed by atoms with Gasteiger partial charge in [0.1, 0.15) is 18.1 Å². The number of nitrogens with one attached hydrogen (secondary N) is 2. The Morgan fingerprint density at radius 1 is 1.07 bits per heavy atom. The maximum absolute atomic E-state index is 13.6. The van der Waals surface area contributed by atoms with Crippen LogP contribution in [0.15, 0.2) is 54.6 Å². The van der Waals surface area contributed by atoms with Crippen LogP contribution >= 0.6 is 11.6 Å². The van der Waals surface area contributed by atoms with E-state index in [1.165, 1.54) is 0 Å². The quantitative estimate of drug-likeness (QED) is 0.322. The van der Waals surface area contributed by atoms with Crippen LogP contribution in [0.25, 0.3) is 0 Å². The number of anilines is 1. The summed E-state index contributed by atoms with van der Waals surface area (Å²) in [7, 11) is 1.56. The van der Waals surface area contributed by atoms with Crippen molar-refractivity contribution in [2.45, 2.75) is 58.4 Å². The summed E-state index contributed by atoms with van der Waals surface area (Å²) in [6.07, 6.45) is 1.44. The maximum Gasteiger partial charge on any atom is 0.407 e. The lowest BCUT2D eigenvalue weighted by atomic mass is 10.0. The number of amides is 2. The summed E-state index contributed by atoms with van der Waals surface area (Å²) in [5.41, 5.74) is 1.57. The van der Waals surface area contributed by atoms with Crippen molar-refractivity contribution in [1.82, 2.24) is 20.4 Å². The van der Waals surface area contributed by atoms with Gasteiger partial charge in [-0.05, 0) is 45.2 Å². The molecule has 42 heavy (non-hydrogen) atoms. The minimum atomic E-state index is -0.609. The molecule has 0 unspecified atom stereocenters. The molecule has 1 fully saturated rings. The van der Waals surface area contributed by atoms with Gasteiger partial charge in [-0.1, -0.05) is 60.1 Å². The highest BCUT2D eigenvalue weighted by atomic mass is 35.5. The number of halogens is 1. The van der Waals surface area contributed by atoms with Crippen molar-refractivity contribution in [3.05, 3.63) is 82.0 Å². The number of benzene rings is 2. The number of ether oxygens (including phenoxy) is 2. The van der Waals surface area contributed by atoms with Gasteiger partial charge in [-0.25, -0.2) is 9.48 Å². The van der Waals surface area contributed by atoms with Gasteiger partial charge in [0.15, 0.2) is 11.5 Å². The zero-order valence-corrected chi connectivity index (χ0v) is 25.2. The Hall–Kier alpha value is -3.89. The molecule has 1 aliphatic rings. The molecular weight excluding hydrogens is 558 g/mol. The number of hydrogen-bond acceptors (Lipinski definition) is 7. The largest absolute Gasteiger partial charge is 0.444 e. The van der Waals surface area contributed by atoms with E-state index in [9.17, 15) is 14.4 Å². The van der Waals surface area contributed by atoms with Crippen LogP contribution in [-0.4, -0.2) is 66.0 Å². The van der Waals surface area contributed by atoms with Crippen LogP contribution in [0.2, 0.25) is 5.02 Å². The Morgan fingerprint density at radius 2 is 1.79 bits per heavy atom. The van der Waals surface area contributed by atoms with Crippen molar-refractivity contribution < 1.29 is 23.9 Å². The van der Waals surface area contributed by atoms with Gasteiger partial charge in [0.25, 0.3) is 5.91 Å². The smallest absolute Gasteiger partial charge is 0.407 e. The van der Waals surface area contributed by atoms with Crippen LogP contribution < -0.4 is 15.5 Å². The molecule has 0 spiro atoms. The maximum atomic E-state index is 13.6. The molecule has 2 aromatic carbocycles. The van der Waals surface area contributed by atoms with Crippen LogP contribution in [-0.2, 0) is 22.6 Å². The lowest BCUT2D eigenvalue weighted by Crippen LogP contribution is -2.49. The second-order valence-electron chi connectivity index (χ2n) is 11.2. The zero-order chi connectivity index (χ0) is 30.3. The Kier molecular flexibility index (Phi) is 10.2. The van der Waals surface area contributed by atoms with Crippen LogP contribution in [0, 0.1) is 0 Å². The van der Waals surface area contributed by atoms with Gasteiger partial charge in [0, 0.05) is 48.8 Å². The fourth-order valence-corrected chi connectivity index (χ4v) is 5.17. The molecule has 11 heteroatoms. The van der Waals surface area contributed by atoms with E-state index in [0.717, 1.165) is 18.4 Å². The molecule has 3 aromatic rings. The minimum Gasteiger partial charge on any atom is -0.444 e. The third-order valence-electron chi connectivity index (χ3n) is 6.76. The van der Waals surface area contributed by atoms with E-state index < -0.39 is 17.6 Å². The van der Waals surface area contributed by atoms with Gasteiger partial charge in [0.05, 0.1) is 6.54 Å². The Labute approximate surface area is 251 Å². The summed E-state index contributed by atoms with van der Waals surface area (Å²) in [5.74, 6) is 0.0186. The predicted octanol–water partition coefficient (Wildman–Crippen LogP) is 4.84. The number of alkyl carbamates (subject to hydrolysis) is 1. The van der Waals surface area contributed by atoms with Crippen LogP contribution in [0.5, 0.6) is 0 Å². The van der Waals surface area contributed by atoms with Crippen LogP contribution in [0.4, 0.5) is 10.6 Å². The number of piperidine rings is 1. The molecule has 0 aliphatic carbocycles.